The van der Waals surface area contributed by atoms with E-state index in [9.17, 15) is 9.59 Å². The van der Waals surface area contributed by atoms with E-state index in [2.05, 4.69) is 21.2 Å². The van der Waals surface area contributed by atoms with Crippen molar-refractivity contribution in [1.82, 2.24) is 0 Å². The molecule has 1 aromatic heterocycles. The van der Waals surface area contributed by atoms with Crippen molar-refractivity contribution in [1.29, 1.82) is 0 Å². The van der Waals surface area contributed by atoms with Gasteiger partial charge in [0.1, 0.15) is 16.3 Å². The molecule has 3 aromatic rings. The van der Waals surface area contributed by atoms with E-state index < -0.39 is 5.97 Å². The number of para-hydroxylation sites is 1. The Hall–Kier alpha value is -2.90. The number of anilines is 1. The van der Waals surface area contributed by atoms with Crippen molar-refractivity contribution >= 4 is 50.2 Å². The van der Waals surface area contributed by atoms with E-state index >= 15 is 0 Å². The lowest BCUT2D eigenvalue weighted by atomic mass is 10.0. The van der Waals surface area contributed by atoms with Crippen molar-refractivity contribution in [2.45, 2.75) is 20.3 Å². The highest BCUT2D eigenvalue weighted by Crippen LogP contribution is 2.36. The molecule has 32 heavy (non-hydrogen) atoms. The number of rotatable bonds is 9. The number of carbonyl (C=O) groups is 2. The zero-order valence-electron chi connectivity index (χ0n) is 17.9. The molecule has 2 aromatic carbocycles. The first-order valence-corrected chi connectivity index (χ1v) is 12.0. The number of hydrogen-bond acceptors (Lipinski definition) is 5. The number of hydrogen-bond donors (Lipinski definition) is 1. The van der Waals surface area contributed by atoms with Crippen molar-refractivity contribution in [3.63, 3.8) is 0 Å². The van der Waals surface area contributed by atoms with Crippen LogP contribution in [-0.2, 0) is 9.53 Å². The van der Waals surface area contributed by atoms with Gasteiger partial charge in [0, 0.05) is 27.1 Å². The summed E-state index contributed by atoms with van der Waals surface area (Å²) in [6.07, 6.45) is 4.03. The Balaban J connectivity index is 1.84. The molecule has 0 saturated carbocycles. The molecule has 3 rings (SSSR count). The second-order valence-electron chi connectivity index (χ2n) is 6.79. The van der Waals surface area contributed by atoms with Gasteiger partial charge in [0.05, 0.1) is 13.2 Å². The maximum atomic E-state index is 12.7. The summed E-state index contributed by atoms with van der Waals surface area (Å²) in [6.45, 7) is 4.64. The first-order chi connectivity index (χ1) is 15.5. The molecule has 1 N–H and O–H groups in total. The third kappa shape index (κ3) is 6.08. The normalized spacial score (nSPS) is 10.8. The summed E-state index contributed by atoms with van der Waals surface area (Å²) < 4.78 is 11.9. The smallest absolute Gasteiger partial charge is 0.341 e. The number of esters is 1. The van der Waals surface area contributed by atoms with Crippen LogP contribution in [0.25, 0.3) is 17.2 Å². The highest BCUT2D eigenvalue weighted by atomic mass is 79.9. The van der Waals surface area contributed by atoms with E-state index in [0.29, 0.717) is 17.2 Å². The Morgan fingerprint density at radius 2 is 1.84 bits per heavy atom. The average molecular weight is 514 g/mol. The minimum atomic E-state index is -0.468. The number of benzene rings is 2. The molecule has 0 aliphatic rings. The number of nitrogens with one attached hydrogen (secondary N) is 1. The molecular weight excluding hydrogens is 490 g/mol. The summed E-state index contributed by atoms with van der Waals surface area (Å²) in [7, 11) is 0. The number of amides is 1. The fraction of sp³-hybridized carbons (Fsp3) is 0.200. The van der Waals surface area contributed by atoms with Crippen LogP contribution < -0.4 is 10.1 Å². The summed E-state index contributed by atoms with van der Waals surface area (Å²) in [5, 5.41) is 5.13. The Morgan fingerprint density at radius 3 is 2.56 bits per heavy atom. The summed E-state index contributed by atoms with van der Waals surface area (Å²) in [5.41, 5.74) is 2.75. The Labute approximate surface area is 200 Å². The van der Waals surface area contributed by atoms with Gasteiger partial charge in [-0.3, -0.25) is 4.79 Å². The van der Waals surface area contributed by atoms with Gasteiger partial charge in [-0.2, -0.15) is 0 Å². The molecule has 5 nitrogen and oxygen atoms in total. The number of halogens is 1. The Kier molecular flexibility index (Phi) is 8.64. The molecule has 1 heterocycles. The quantitative estimate of drug-likeness (QED) is 0.252. The van der Waals surface area contributed by atoms with Crippen molar-refractivity contribution < 1.29 is 19.1 Å². The molecule has 0 bridgehead atoms. The van der Waals surface area contributed by atoms with Gasteiger partial charge in [-0.1, -0.05) is 53.2 Å². The molecule has 0 aliphatic heterocycles. The number of carbonyl (C=O) groups excluding carboxylic acids is 2. The van der Waals surface area contributed by atoms with Gasteiger partial charge in [0.25, 0.3) is 0 Å². The van der Waals surface area contributed by atoms with Crippen LogP contribution in [0.3, 0.4) is 0 Å². The molecule has 0 spiro atoms. The second kappa shape index (κ2) is 11.6. The Morgan fingerprint density at radius 1 is 1.09 bits per heavy atom. The van der Waals surface area contributed by atoms with E-state index in [1.807, 2.05) is 60.8 Å². The largest absolute Gasteiger partial charge is 0.493 e. The topological polar surface area (TPSA) is 64.6 Å². The van der Waals surface area contributed by atoms with E-state index in [0.717, 1.165) is 33.3 Å². The maximum Gasteiger partial charge on any atom is 0.341 e. The minimum absolute atomic E-state index is 0.246. The highest BCUT2D eigenvalue weighted by molar-refractivity contribution is 9.10. The van der Waals surface area contributed by atoms with Crippen LogP contribution in [0.4, 0.5) is 5.00 Å². The fourth-order valence-electron chi connectivity index (χ4n) is 2.98. The number of ether oxygens (including phenoxy) is 2. The molecule has 0 atom stereocenters. The summed E-state index contributed by atoms with van der Waals surface area (Å²) in [4.78, 5) is 25.3. The van der Waals surface area contributed by atoms with Crippen LogP contribution in [0.1, 0.15) is 36.2 Å². The van der Waals surface area contributed by atoms with Crippen LogP contribution in [0.2, 0.25) is 0 Å². The van der Waals surface area contributed by atoms with Gasteiger partial charge in [-0.05, 0) is 43.2 Å². The SMILES string of the molecule is CCCOc1ccccc1/C=C/C(=O)Nc1scc(-c2ccc(Br)cc2)c1C(=O)OCC. The molecule has 0 aliphatic carbocycles. The van der Waals surface area contributed by atoms with E-state index in [-0.39, 0.29) is 12.5 Å². The lowest BCUT2D eigenvalue weighted by molar-refractivity contribution is -0.111. The van der Waals surface area contributed by atoms with Gasteiger partial charge >= 0.3 is 5.97 Å². The van der Waals surface area contributed by atoms with Crippen molar-refractivity contribution in [2.24, 2.45) is 0 Å². The zero-order valence-corrected chi connectivity index (χ0v) is 20.3. The zero-order chi connectivity index (χ0) is 22.9. The summed E-state index contributed by atoms with van der Waals surface area (Å²) in [6, 6.07) is 15.2. The average Bonchev–Trinajstić information content (AvgIpc) is 3.21. The minimum Gasteiger partial charge on any atom is -0.493 e. The third-order valence-corrected chi connectivity index (χ3v) is 5.88. The standard InChI is InChI=1S/C25H24BrNO4S/c1-3-15-31-21-8-6-5-7-18(21)11-14-22(28)27-24-23(25(29)30-4-2)20(16-32-24)17-9-12-19(26)13-10-17/h5-14,16H,3-4,15H2,1-2H3,(H,27,28)/b14-11+. The molecular formula is C25H24BrNO4S. The van der Waals surface area contributed by atoms with Gasteiger partial charge in [-0.25, -0.2) is 4.79 Å². The molecule has 0 fully saturated rings. The van der Waals surface area contributed by atoms with Gasteiger partial charge < -0.3 is 14.8 Å². The predicted octanol–water partition coefficient (Wildman–Crippen LogP) is 6.80. The van der Waals surface area contributed by atoms with Gasteiger partial charge in [0.15, 0.2) is 0 Å². The van der Waals surface area contributed by atoms with Crippen molar-refractivity contribution in [2.75, 3.05) is 18.5 Å². The van der Waals surface area contributed by atoms with Crippen LogP contribution in [-0.4, -0.2) is 25.1 Å². The molecule has 7 heteroatoms. The van der Waals surface area contributed by atoms with Gasteiger partial charge in [0.2, 0.25) is 5.91 Å². The van der Waals surface area contributed by atoms with Crippen molar-refractivity contribution in [3.8, 4) is 16.9 Å². The Bertz CT molecular complexity index is 1110. The number of thiophene rings is 1. The molecule has 1 amide bonds. The first kappa shape index (κ1) is 23.8. The van der Waals surface area contributed by atoms with Crippen LogP contribution in [0.5, 0.6) is 5.75 Å². The molecule has 0 saturated heterocycles. The molecule has 166 valence electrons. The maximum absolute atomic E-state index is 12.7. The van der Waals surface area contributed by atoms with Crippen LogP contribution in [0.15, 0.2) is 64.5 Å². The fourth-order valence-corrected chi connectivity index (χ4v) is 4.20. The lowest BCUT2D eigenvalue weighted by Crippen LogP contribution is -2.12. The molecule has 0 radical (unpaired) electrons. The van der Waals surface area contributed by atoms with Crippen molar-refractivity contribution in [3.05, 3.63) is 75.6 Å². The summed E-state index contributed by atoms with van der Waals surface area (Å²) >= 11 is 4.71. The van der Waals surface area contributed by atoms with Gasteiger partial charge in [-0.15, -0.1) is 11.3 Å². The summed E-state index contributed by atoms with van der Waals surface area (Å²) in [5.74, 6) is -0.0893. The van der Waals surface area contributed by atoms with Crippen LogP contribution in [0, 0.1) is 0 Å². The van der Waals surface area contributed by atoms with E-state index in [1.54, 1.807) is 13.0 Å². The first-order valence-electron chi connectivity index (χ1n) is 10.3. The highest BCUT2D eigenvalue weighted by Gasteiger charge is 2.22. The van der Waals surface area contributed by atoms with E-state index in [4.69, 9.17) is 9.47 Å². The lowest BCUT2D eigenvalue weighted by Gasteiger charge is -2.09. The third-order valence-electron chi connectivity index (χ3n) is 4.46. The monoisotopic (exact) mass is 513 g/mol. The predicted molar refractivity (Wildman–Crippen MR) is 133 cm³/mol. The molecule has 0 unspecified atom stereocenters. The van der Waals surface area contributed by atoms with Crippen LogP contribution >= 0.6 is 27.3 Å². The second-order valence-corrected chi connectivity index (χ2v) is 8.59. The van der Waals surface area contributed by atoms with E-state index in [1.165, 1.54) is 17.4 Å².